The Morgan fingerprint density at radius 2 is 1.69 bits per heavy atom. The van der Waals surface area contributed by atoms with E-state index in [1.807, 2.05) is 13.8 Å². The lowest BCUT2D eigenvalue weighted by Gasteiger charge is -2.09. The van der Waals surface area contributed by atoms with Crippen LogP contribution in [0.25, 0.3) is 0 Å². The molecule has 0 heterocycles. The van der Waals surface area contributed by atoms with Gasteiger partial charge in [0.25, 0.3) is 0 Å². The maximum Gasteiger partial charge on any atom is 0.416 e. The topological polar surface area (TPSA) is 12.0 Å². The van der Waals surface area contributed by atoms with Gasteiger partial charge >= 0.3 is 6.18 Å². The van der Waals surface area contributed by atoms with E-state index in [-0.39, 0.29) is 0 Å². The molecule has 0 unspecified atom stereocenters. The Labute approximate surface area is 93.7 Å². The zero-order valence-electron chi connectivity index (χ0n) is 9.43. The Bertz CT molecular complexity index is 314. The second-order valence-electron chi connectivity index (χ2n) is 4.05. The monoisotopic (exact) mass is 231 g/mol. The second-order valence-corrected chi connectivity index (χ2v) is 4.05. The molecule has 90 valence electrons. The fourth-order valence-electron chi connectivity index (χ4n) is 1.37. The highest BCUT2D eigenvalue weighted by Gasteiger charge is 2.29. The Kier molecular flexibility index (Phi) is 4.35. The lowest BCUT2D eigenvalue weighted by molar-refractivity contribution is -0.137. The lowest BCUT2D eigenvalue weighted by atomic mass is 10.1. The van der Waals surface area contributed by atoms with Crippen LogP contribution < -0.4 is 5.32 Å². The van der Waals surface area contributed by atoms with Gasteiger partial charge in [0.1, 0.15) is 0 Å². The van der Waals surface area contributed by atoms with E-state index in [2.05, 4.69) is 5.32 Å². The molecule has 0 amide bonds. The van der Waals surface area contributed by atoms with Crippen LogP contribution in [0.1, 0.15) is 25.0 Å². The summed E-state index contributed by atoms with van der Waals surface area (Å²) in [5, 5.41) is 3.22. The van der Waals surface area contributed by atoms with E-state index >= 15 is 0 Å². The molecule has 1 N–H and O–H groups in total. The molecule has 0 saturated carbocycles. The van der Waals surface area contributed by atoms with E-state index in [0.717, 1.165) is 30.7 Å². The van der Waals surface area contributed by atoms with E-state index in [1.165, 1.54) is 12.1 Å². The number of hydrogen-bond donors (Lipinski definition) is 1. The summed E-state index contributed by atoms with van der Waals surface area (Å²) in [5.74, 6) is 0. The van der Waals surface area contributed by atoms with E-state index in [1.54, 1.807) is 0 Å². The third-order valence-corrected chi connectivity index (χ3v) is 2.25. The SMILES string of the molecule is CC(C)NCCc1ccc(C(F)(F)F)cc1. The Hall–Kier alpha value is -1.03. The quantitative estimate of drug-likeness (QED) is 0.838. The zero-order chi connectivity index (χ0) is 12.2. The lowest BCUT2D eigenvalue weighted by Crippen LogP contribution is -2.24. The molecule has 0 bridgehead atoms. The maximum atomic E-state index is 12.3. The third-order valence-electron chi connectivity index (χ3n) is 2.25. The summed E-state index contributed by atoms with van der Waals surface area (Å²) in [5.41, 5.74) is 0.328. The van der Waals surface area contributed by atoms with Gasteiger partial charge in [-0.3, -0.25) is 0 Å². The van der Waals surface area contributed by atoms with Crippen molar-refractivity contribution < 1.29 is 13.2 Å². The maximum absolute atomic E-state index is 12.3. The van der Waals surface area contributed by atoms with Crippen molar-refractivity contribution in [1.29, 1.82) is 0 Å². The molecular weight excluding hydrogens is 215 g/mol. The highest BCUT2D eigenvalue weighted by atomic mass is 19.4. The standard InChI is InChI=1S/C12H16F3N/c1-9(2)16-8-7-10-3-5-11(6-4-10)12(13,14)15/h3-6,9,16H,7-8H2,1-2H3. The van der Waals surface area contributed by atoms with Crippen LogP contribution in [0.15, 0.2) is 24.3 Å². The van der Waals surface area contributed by atoms with Crippen molar-refractivity contribution in [3.05, 3.63) is 35.4 Å². The summed E-state index contributed by atoms with van der Waals surface area (Å²) in [7, 11) is 0. The van der Waals surface area contributed by atoms with Crippen molar-refractivity contribution in [2.24, 2.45) is 0 Å². The first-order valence-electron chi connectivity index (χ1n) is 5.29. The van der Waals surface area contributed by atoms with E-state index < -0.39 is 11.7 Å². The molecule has 0 aliphatic carbocycles. The van der Waals surface area contributed by atoms with Crippen molar-refractivity contribution in [2.75, 3.05) is 6.54 Å². The molecule has 0 aliphatic heterocycles. The van der Waals surface area contributed by atoms with Crippen molar-refractivity contribution in [3.8, 4) is 0 Å². The summed E-state index contributed by atoms with van der Waals surface area (Å²) >= 11 is 0. The third kappa shape index (κ3) is 4.23. The molecule has 0 aliphatic rings. The number of nitrogens with one attached hydrogen (secondary N) is 1. The predicted octanol–water partition coefficient (Wildman–Crippen LogP) is 3.25. The van der Waals surface area contributed by atoms with Gasteiger partial charge in [0.2, 0.25) is 0 Å². The molecule has 0 aromatic heterocycles. The minimum absolute atomic E-state index is 0.398. The van der Waals surface area contributed by atoms with Gasteiger partial charge in [0, 0.05) is 6.04 Å². The molecule has 1 rings (SSSR count). The molecule has 4 heteroatoms. The highest BCUT2D eigenvalue weighted by Crippen LogP contribution is 2.29. The van der Waals surface area contributed by atoms with Gasteiger partial charge in [0.15, 0.2) is 0 Å². The molecule has 1 aromatic rings. The van der Waals surface area contributed by atoms with E-state index in [0.29, 0.717) is 6.04 Å². The molecule has 1 nitrogen and oxygen atoms in total. The second kappa shape index (κ2) is 5.34. The number of rotatable bonds is 4. The van der Waals surface area contributed by atoms with Gasteiger partial charge in [0.05, 0.1) is 5.56 Å². The van der Waals surface area contributed by atoms with Crippen LogP contribution in [-0.4, -0.2) is 12.6 Å². The van der Waals surface area contributed by atoms with Gasteiger partial charge in [-0.25, -0.2) is 0 Å². The molecule has 0 spiro atoms. The summed E-state index contributed by atoms with van der Waals surface area (Å²) in [6, 6.07) is 5.72. The Morgan fingerprint density at radius 3 is 2.12 bits per heavy atom. The molecule has 0 fully saturated rings. The number of halogens is 3. The summed E-state index contributed by atoms with van der Waals surface area (Å²) in [6.45, 7) is 4.85. The Balaban J connectivity index is 2.52. The first-order chi connectivity index (χ1) is 7.39. The van der Waals surface area contributed by atoms with Gasteiger partial charge < -0.3 is 5.32 Å². The van der Waals surface area contributed by atoms with Gasteiger partial charge in [-0.05, 0) is 30.7 Å². The number of hydrogen-bond acceptors (Lipinski definition) is 1. The zero-order valence-corrected chi connectivity index (χ0v) is 9.43. The van der Waals surface area contributed by atoms with Crippen molar-refractivity contribution >= 4 is 0 Å². The van der Waals surface area contributed by atoms with Crippen molar-refractivity contribution in [2.45, 2.75) is 32.5 Å². The van der Waals surface area contributed by atoms with Crippen LogP contribution in [0.2, 0.25) is 0 Å². The minimum atomic E-state index is -4.24. The molecule has 0 radical (unpaired) electrons. The van der Waals surface area contributed by atoms with Crippen LogP contribution in [0.4, 0.5) is 13.2 Å². The van der Waals surface area contributed by atoms with Crippen molar-refractivity contribution in [3.63, 3.8) is 0 Å². The van der Waals surface area contributed by atoms with Crippen LogP contribution in [-0.2, 0) is 12.6 Å². The molecule has 0 saturated heterocycles. The fourth-order valence-corrected chi connectivity index (χ4v) is 1.37. The first kappa shape index (κ1) is 13.0. The predicted molar refractivity (Wildman–Crippen MR) is 58.3 cm³/mol. The molecule has 0 atom stereocenters. The minimum Gasteiger partial charge on any atom is -0.314 e. The smallest absolute Gasteiger partial charge is 0.314 e. The summed E-state index contributed by atoms with van der Waals surface area (Å²) in [6.07, 6.45) is -3.50. The van der Waals surface area contributed by atoms with Crippen LogP contribution >= 0.6 is 0 Å². The van der Waals surface area contributed by atoms with Gasteiger partial charge in [-0.15, -0.1) is 0 Å². The molecular formula is C12H16F3N. The average molecular weight is 231 g/mol. The van der Waals surface area contributed by atoms with Crippen LogP contribution in [0, 0.1) is 0 Å². The van der Waals surface area contributed by atoms with Crippen molar-refractivity contribution in [1.82, 2.24) is 5.32 Å². The van der Waals surface area contributed by atoms with Gasteiger partial charge in [-0.2, -0.15) is 13.2 Å². The average Bonchev–Trinajstić information content (AvgIpc) is 2.16. The fraction of sp³-hybridized carbons (Fsp3) is 0.500. The normalized spacial score (nSPS) is 12.1. The highest BCUT2D eigenvalue weighted by molar-refractivity contribution is 5.24. The number of benzene rings is 1. The first-order valence-corrected chi connectivity index (χ1v) is 5.29. The summed E-state index contributed by atoms with van der Waals surface area (Å²) in [4.78, 5) is 0. The molecule has 16 heavy (non-hydrogen) atoms. The summed E-state index contributed by atoms with van der Waals surface area (Å²) < 4.78 is 36.8. The van der Waals surface area contributed by atoms with E-state index in [4.69, 9.17) is 0 Å². The molecule has 1 aromatic carbocycles. The largest absolute Gasteiger partial charge is 0.416 e. The van der Waals surface area contributed by atoms with Crippen LogP contribution in [0.5, 0.6) is 0 Å². The number of alkyl halides is 3. The van der Waals surface area contributed by atoms with Gasteiger partial charge in [-0.1, -0.05) is 26.0 Å². The Morgan fingerprint density at radius 1 is 1.12 bits per heavy atom. The van der Waals surface area contributed by atoms with Crippen LogP contribution in [0.3, 0.4) is 0 Å². The van der Waals surface area contributed by atoms with E-state index in [9.17, 15) is 13.2 Å².